The third kappa shape index (κ3) is 2.65. The topological polar surface area (TPSA) is 81.7 Å². The number of hydrazone groups is 1. The molecule has 2 heterocycles. The molecule has 0 aliphatic carbocycles. The number of hydrogen-bond acceptors (Lipinski definition) is 3. The molecule has 0 aliphatic rings. The van der Waals surface area contributed by atoms with Gasteiger partial charge in [-0.1, -0.05) is 11.6 Å². The molecule has 0 atom stereocenters. The van der Waals surface area contributed by atoms with Crippen LogP contribution in [-0.2, 0) is 6.42 Å². The molecule has 9 heteroatoms. The average Bonchev–Trinajstić information content (AvgIpc) is 2.92. The number of rotatable bonds is 3. The molecule has 0 saturated heterocycles. The highest BCUT2D eigenvalue weighted by molar-refractivity contribution is 6.30. The summed E-state index contributed by atoms with van der Waals surface area (Å²) in [4.78, 5) is 4.22. The number of hydrogen-bond donors (Lipinski definition) is 2. The van der Waals surface area contributed by atoms with Gasteiger partial charge in [-0.15, -0.1) is 0 Å². The molecule has 24 heavy (non-hydrogen) atoms. The van der Waals surface area contributed by atoms with Crippen molar-refractivity contribution in [3.05, 3.63) is 70.0 Å². The maximum absolute atomic E-state index is 13.9. The van der Waals surface area contributed by atoms with Crippen molar-refractivity contribution in [2.75, 3.05) is 0 Å². The molecule has 0 amide bonds. The predicted octanol–water partition coefficient (Wildman–Crippen LogP) is 2.57. The summed E-state index contributed by atoms with van der Waals surface area (Å²) in [6.07, 6.45) is 1.19. The molecule has 3 rings (SSSR count). The van der Waals surface area contributed by atoms with E-state index in [1.54, 1.807) is 12.1 Å². The Balaban J connectivity index is 2.20. The molecular formula is C15H11ClF3N5. The van der Waals surface area contributed by atoms with E-state index in [4.69, 9.17) is 23.2 Å². The maximum atomic E-state index is 13.9. The summed E-state index contributed by atoms with van der Waals surface area (Å²) in [5, 5.41) is 3.75. The van der Waals surface area contributed by atoms with Crippen molar-refractivity contribution in [3.8, 4) is 0 Å². The van der Waals surface area contributed by atoms with Crippen molar-refractivity contribution in [1.82, 2.24) is 9.38 Å². The molecular weight excluding hydrogens is 343 g/mol. The Morgan fingerprint density at radius 3 is 2.58 bits per heavy atom. The molecule has 1 aromatic carbocycles. The highest BCUT2D eigenvalue weighted by Gasteiger charge is 2.19. The number of imidazole rings is 1. The number of fused-ring (bicyclic) bond motifs is 1. The molecule has 0 fully saturated rings. The Bertz CT molecular complexity index is 967. The molecule has 124 valence electrons. The van der Waals surface area contributed by atoms with Crippen LogP contribution in [0.1, 0.15) is 17.1 Å². The summed E-state index contributed by atoms with van der Waals surface area (Å²) < 4.78 is 42.7. The summed E-state index contributed by atoms with van der Waals surface area (Å²) in [6.45, 7) is 0. The number of benzene rings is 1. The van der Waals surface area contributed by atoms with Crippen LogP contribution in [0.3, 0.4) is 0 Å². The molecule has 2 aromatic heterocycles. The Labute approximate surface area is 139 Å². The van der Waals surface area contributed by atoms with E-state index in [0.717, 1.165) is 12.1 Å². The van der Waals surface area contributed by atoms with Gasteiger partial charge in [-0.2, -0.15) is 5.10 Å². The zero-order valence-electron chi connectivity index (χ0n) is 12.1. The van der Waals surface area contributed by atoms with Crippen molar-refractivity contribution >= 4 is 23.0 Å². The van der Waals surface area contributed by atoms with E-state index in [-0.39, 0.29) is 23.8 Å². The van der Waals surface area contributed by atoms with Crippen molar-refractivity contribution < 1.29 is 13.2 Å². The number of aromatic nitrogens is 2. The smallest absolute Gasteiger partial charge is 0.171 e. The van der Waals surface area contributed by atoms with Crippen LogP contribution in [0.25, 0.3) is 5.52 Å². The van der Waals surface area contributed by atoms with E-state index in [1.807, 2.05) is 0 Å². The lowest BCUT2D eigenvalue weighted by atomic mass is 10.1. The minimum atomic E-state index is -1.27. The van der Waals surface area contributed by atoms with Crippen LogP contribution in [0, 0.1) is 17.5 Å². The first-order valence-corrected chi connectivity index (χ1v) is 7.12. The summed E-state index contributed by atoms with van der Waals surface area (Å²) in [5.74, 6) is 2.03. The molecule has 0 spiro atoms. The lowest BCUT2D eigenvalue weighted by Gasteiger charge is -2.06. The van der Waals surface area contributed by atoms with E-state index in [9.17, 15) is 13.2 Å². The van der Waals surface area contributed by atoms with Crippen LogP contribution >= 0.6 is 11.6 Å². The molecule has 0 bridgehead atoms. The SMILES string of the molecule is N/N=C(\N)c1nc(Cc2c(F)ccc(F)c2F)n2cc(Cl)ccc12. The molecule has 4 N–H and O–H groups in total. The molecule has 0 radical (unpaired) electrons. The van der Waals surface area contributed by atoms with Crippen molar-refractivity contribution in [1.29, 1.82) is 0 Å². The van der Waals surface area contributed by atoms with Crippen molar-refractivity contribution in [2.45, 2.75) is 6.42 Å². The minimum absolute atomic E-state index is 0.0544. The fourth-order valence-corrected chi connectivity index (χ4v) is 2.55. The van der Waals surface area contributed by atoms with Gasteiger partial charge in [-0.25, -0.2) is 18.2 Å². The lowest BCUT2D eigenvalue weighted by Crippen LogP contribution is -2.16. The lowest BCUT2D eigenvalue weighted by molar-refractivity contribution is 0.481. The van der Waals surface area contributed by atoms with E-state index in [0.29, 0.717) is 10.5 Å². The fraction of sp³-hybridized carbons (Fsp3) is 0.0667. The van der Waals surface area contributed by atoms with Crippen molar-refractivity contribution in [3.63, 3.8) is 0 Å². The Morgan fingerprint density at radius 1 is 1.17 bits per heavy atom. The van der Waals surface area contributed by atoms with Gasteiger partial charge >= 0.3 is 0 Å². The van der Waals surface area contributed by atoms with Gasteiger partial charge in [0.2, 0.25) is 0 Å². The van der Waals surface area contributed by atoms with Gasteiger partial charge in [0.25, 0.3) is 0 Å². The molecule has 3 aromatic rings. The van der Waals surface area contributed by atoms with Gasteiger partial charge in [0, 0.05) is 18.2 Å². The maximum Gasteiger partial charge on any atom is 0.171 e. The van der Waals surface area contributed by atoms with Gasteiger partial charge in [0.15, 0.2) is 17.5 Å². The largest absolute Gasteiger partial charge is 0.380 e. The van der Waals surface area contributed by atoms with E-state index < -0.39 is 23.0 Å². The quantitative estimate of drug-likeness (QED) is 0.250. The van der Waals surface area contributed by atoms with Crippen LogP contribution in [0.4, 0.5) is 13.2 Å². The first-order valence-electron chi connectivity index (χ1n) is 6.75. The number of halogens is 4. The Morgan fingerprint density at radius 2 is 1.88 bits per heavy atom. The summed E-state index contributed by atoms with van der Waals surface area (Å²) in [6, 6.07) is 4.79. The average molecular weight is 354 g/mol. The Hall–Kier alpha value is -2.74. The molecule has 5 nitrogen and oxygen atoms in total. The monoisotopic (exact) mass is 353 g/mol. The normalized spacial score (nSPS) is 12.1. The second-order valence-electron chi connectivity index (χ2n) is 4.99. The number of nitrogens with zero attached hydrogens (tertiary/aromatic N) is 3. The van der Waals surface area contributed by atoms with Crippen LogP contribution in [-0.4, -0.2) is 15.2 Å². The van der Waals surface area contributed by atoms with Gasteiger partial charge in [0.05, 0.1) is 10.5 Å². The number of pyridine rings is 1. The van der Waals surface area contributed by atoms with Crippen molar-refractivity contribution in [2.24, 2.45) is 16.7 Å². The fourth-order valence-electron chi connectivity index (χ4n) is 2.39. The van der Waals surface area contributed by atoms with Gasteiger partial charge in [-0.3, -0.25) is 0 Å². The van der Waals surface area contributed by atoms with Crippen LogP contribution in [0.15, 0.2) is 35.6 Å². The summed E-state index contributed by atoms with van der Waals surface area (Å²) in [5.41, 5.74) is 5.99. The minimum Gasteiger partial charge on any atom is -0.380 e. The zero-order valence-corrected chi connectivity index (χ0v) is 12.9. The van der Waals surface area contributed by atoms with Crippen LogP contribution in [0.2, 0.25) is 5.02 Å². The van der Waals surface area contributed by atoms with Gasteiger partial charge < -0.3 is 16.0 Å². The zero-order chi connectivity index (χ0) is 17.4. The first kappa shape index (κ1) is 16.1. The standard InChI is InChI=1S/C15H11ClF3N5/c16-7-1-4-11-14(15(20)23-21)22-12(24(11)6-7)5-8-9(17)2-3-10(18)13(8)19/h1-4,6H,5,21H2,(H2,20,23). The number of amidine groups is 1. The Kier molecular flexibility index (Phi) is 4.06. The molecule has 0 saturated carbocycles. The predicted molar refractivity (Wildman–Crippen MR) is 84.2 cm³/mol. The third-order valence-electron chi connectivity index (χ3n) is 3.53. The molecule has 0 unspecified atom stereocenters. The molecule has 0 aliphatic heterocycles. The van der Waals surface area contributed by atoms with Gasteiger partial charge in [-0.05, 0) is 24.3 Å². The highest BCUT2D eigenvalue weighted by atomic mass is 35.5. The summed E-state index contributed by atoms with van der Waals surface area (Å²) in [7, 11) is 0. The summed E-state index contributed by atoms with van der Waals surface area (Å²) >= 11 is 5.96. The second kappa shape index (κ2) is 6.04. The first-order chi connectivity index (χ1) is 11.4. The second-order valence-corrected chi connectivity index (χ2v) is 5.43. The van der Waals surface area contributed by atoms with E-state index >= 15 is 0 Å². The highest BCUT2D eigenvalue weighted by Crippen LogP contribution is 2.23. The van der Waals surface area contributed by atoms with E-state index in [2.05, 4.69) is 10.1 Å². The third-order valence-corrected chi connectivity index (χ3v) is 3.75. The van der Waals surface area contributed by atoms with Gasteiger partial charge in [0.1, 0.15) is 17.3 Å². The van der Waals surface area contributed by atoms with E-state index in [1.165, 1.54) is 10.6 Å². The van der Waals surface area contributed by atoms with Crippen LogP contribution < -0.4 is 11.6 Å². The van der Waals surface area contributed by atoms with Crippen LogP contribution in [0.5, 0.6) is 0 Å². The number of nitrogens with two attached hydrogens (primary N) is 2.